The van der Waals surface area contributed by atoms with Gasteiger partial charge < -0.3 is 24.3 Å². The number of carbonyl (C=O) groups is 2. The molecule has 0 spiro atoms. The molecule has 4 aromatic rings. The van der Waals surface area contributed by atoms with E-state index in [9.17, 15) is 9.59 Å². The van der Waals surface area contributed by atoms with Crippen LogP contribution < -0.4 is 4.74 Å². The van der Waals surface area contributed by atoms with Crippen LogP contribution >= 0.6 is 0 Å². The molecule has 0 unspecified atom stereocenters. The summed E-state index contributed by atoms with van der Waals surface area (Å²) < 4.78 is 10.5. The standard InChI is InChI=1S/C32H35N3O4/c1-38-21-20-35(31(36)17-14-25-8-4-3-5-9-25)24-32(37)34(23-26-12-15-28(39-2)16-13-26)19-18-27-22-33-30-11-7-6-10-29(27)30/h3-17,22,33H,18-21,23-24H2,1-2H3. The van der Waals surface area contributed by atoms with Crippen LogP contribution in [0.4, 0.5) is 0 Å². The van der Waals surface area contributed by atoms with Crippen molar-refractivity contribution in [3.63, 3.8) is 0 Å². The molecule has 39 heavy (non-hydrogen) atoms. The first-order chi connectivity index (χ1) is 19.1. The number of H-pyrrole nitrogens is 1. The Kier molecular flexibility index (Phi) is 9.92. The predicted molar refractivity (Wildman–Crippen MR) is 154 cm³/mol. The molecule has 0 saturated heterocycles. The minimum absolute atomic E-state index is 0.0363. The van der Waals surface area contributed by atoms with Crippen molar-refractivity contribution < 1.29 is 19.1 Å². The molecular weight excluding hydrogens is 490 g/mol. The highest BCUT2D eigenvalue weighted by Crippen LogP contribution is 2.19. The van der Waals surface area contributed by atoms with Gasteiger partial charge in [-0.2, -0.15) is 0 Å². The molecule has 0 aliphatic carbocycles. The highest BCUT2D eigenvalue weighted by molar-refractivity contribution is 5.94. The fraction of sp³-hybridized carbons (Fsp3) is 0.250. The smallest absolute Gasteiger partial charge is 0.247 e. The number of rotatable bonds is 13. The summed E-state index contributed by atoms with van der Waals surface area (Å²) in [6.45, 7) is 1.56. The van der Waals surface area contributed by atoms with Gasteiger partial charge in [0.2, 0.25) is 11.8 Å². The lowest BCUT2D eigenvalue weighted by atomic mass is 10.1. The first kappa shape index (κ1) is 27.7. The highest BCUT2D eigenvalue weighted by atomic mass is 16.5. The Morgan fingerprint density at radius 1 is 0.872 bits per heavy atom. The third kappa shape index (κ3) is 7.82. The van der Waals surface area contributed by atoms with E-state index >= 15 is 0 Å². The van der Waals surface area contributed by atoms with E-state index in [1.165, 1.54) is 11.0 Å². The maximum Gasteiger partial charge on any atom is 0.247 e. The van der Waals surface area contributed by atoms with Gasteiger partial charge in [-0.05, 0) is 47.4 Å². The molecule has 7 nitrogen and oxygen atoms in total. The molecule has 0 aliphatic heterocycles. The molecule has 4 rings (SSSR count). The van der Waals surface area contributed by atoms with Gasteiger partial charge in [-0.1, -0.05) is 60.7 Å². The van der Waals surface area contributed by atoms with E-state index in [-0.39, 0.29) is 18.4 Å². The summed E-state index contributed by atoms with van der Waals surface area (Å²) in [5.41, 5.74) is 4.13. The molecule has 0 fully saturated rings. The van der Waals surface area contributed by atoms with Gasteiger partial charge in [0.15, 0.2) is 0 Å². The van der Waals surface area contributed by atoms with Gasteiger partial charge in [-0.25, -0.2) is 0 Å². The van der Waals surface area contributed by atoms with E-state index in [0.717, 1.165) is 33.3 Å². The van der Waals surface area contributed by atoms with E-state index in [0.29, 0.717) is 32.7 Å². The SMILES string of the molecule is COCCN(CC(=O)N(CCc1c[nH]c2ccccc12)Cc1ccc(OC)cc1)C(=O)C=Cc1ccccc1. The van der Waals surface area contributed by atoms with Crippen LogP contribution in [-0.2, 0) is 27.3 Å². The number of amides is 2. The van der Waals surface area contributed by atoms with Crippen LogP contribution in [0.5, 0.6) is 5.75 Å². The van der Waals surface area contributed by atoms with Gasteiger partial charge in [0.1, 0.15) is 12.3 Å². The third-order valence-corrected chi connectivity index (χ3v) is 6.63. The van der Waals surface area contributed by atoms with Crippen molar-refractivity contribution in [2.75, 3.05) is 40.5 Å². The summed E-state index contributed by atoms with van der Waals surface area (Å²) in [4.78, 5) is 33.4. The first-order valence-corrected chi connectivity index (χ1v) is 13.0. The summed E-state index contributed by atoms with van der Waals surface area (Å²) in [6, 6.07) is 25.5. The largest absolute Gasteiger partial charge is 0.497 e. The lowest BCUT2D eigenvalue weighted by Crippen LogP contribution is -2.44. The number of carbonyl (C=O) groups excluding carboxylic acids is 2. The Bertz CT molecular complexity index is 1380. The van der Waals surface area contributed by atoms with Crippen molar-refractivity contribution in [3.8, 4) is 5.75 Å². The second kappa shape index (κ2) is 14.0. The maximum absolute atomic E-state index is 13.7. The number of aromatic nitrogens is 1. The van der Waals surface area contributed by atoms with Crippen molar-refractivity contribution in [3.05, 3.63) is 108 Å². The van der Waals surface area contributed by atoms with Crippen molar-refractivity contribution in [1.29, 1.82) is 0 Å². The minimum Gasteiger partial charge on any atom is -0.497 e. The van der Waals surface area contributed by atoms with E-state index in [2.05, 4.69) is 11.1 Å². The van der Waals surface area contributed by atoms with Gasteiger partial charge in [0, 0.05) is 49.9 Å². The number of benzene rings is 3. The van der Waals surface area contributed by atoms with Crippen LogP contribution in [0, 0.1) is 0 Å². The Hall–Kier alpha value is -4.36. The highest BCUT2D eigenvalue weighted by Gasteiger charge is 2.21. The van der Waals surface area contributed by atoms with Crippen molar-refractivity contribution in [2.45, 2.75) is 13.0 Å². The molecule has 1 N–H and O–H groups in total. The van der Waals surface area contributed by atoms with Crippen molar-refractivity contribution in [1.82, 2.24) is 14.8 Å². The average Bonchev–Trinajstić information content (AvgIpc) is 3.40. The lowest BCUT2D eigenvalue weighted by Gasteiger charge is -2.27. The fourth-order valence-corrected chi connectivity index (χ4v) is 4.41. The van der Waals surface area contributed by atoms with Gasteiger partial charge in [-0.15, -0.1) is 0 Å². The average molecular weight is 526 g/mol. The van der Waals surface area contributed by atoms with Crippen LogP contribution in [0.25, 0.3) is 17.0 Å². The van der Waals surface area contributed by atoms with Crippen molar-refractivity contribution in [2.24, 2.45) is 0 Å². The number of hydrogen-bond donors (Lipinski definition) is 1. The third-order valence-electron chi connectivity index (χ3n) is 6.63. The topological polar surface area (TPSA) is 74.9 Å². The minimum atomic E-state index is -0.231. The molecule has 1 heterocycles. The number of nitrogens with zero attached hydrogens (tertiary/aromatic N) is 2. The van der Waals surface area contributed by atoms with Crippen molar-refractivity contribution >= 4 is 28.8 Å². The summed E-state index contributed by atoms with van der Waals surface area (Å²) in [5.74, 6) is 0.408. The Balaban J connectivity index is 1.51. The van der Waals surface area contributed by atoms with Crippen LogP contribution in [0.2, 0.25) is 0 Å². The zero-order valence-corrected chi connectivity index (χ0v) is 22.5. The number of hydrogen-bond acceptors (Lipinski definition) is 4. The number of nitrogens with one attached hydrogen (secondary N) is 1. The normalized spacial score (nSPS) is 11.1. The van der Waals surface area contributed by atoms with Crippen LogP contribution in [0.1, 0.15) is 16.7 Å². The second-order valence-electron chi connectivity index (χ2n) is 9.27. The fourth-order valence-electron chi connectivity index (χ4n) is 4.41. The molecule has 7 heteroatoms. The summed E-state index contributed by atoms with van der Waals surface area (Å²) in [5, 5.41) is 1.15. The summed E-state index contributed by atoms with van der Waals surface area (Å²) >= 11 is 0. The summed E-state index contributed by atoms with van der Waals surface area (Å²) in [7, 11) is 3.21. The molecule has 2 amide bonds. The summed E-state index contributed by atoms with van der Waals surface area (Å²) in [6.07, 6.45) is 5.96. The number of fused-ring (bicyclic) bond motifs is 1. The van der Waals surface area contributed by atoms with E-state index in [1.54, 1.807) is 20.3 Å². The molecule has 0 saturated carbocycles. The Morgan fingerprint density at radius 3 is 2.36 bits per heavy atom. The maximum atomic E-state index is 13.7. The molecule has 202 valence electrons. The molecule has 0 radical (unpaired) electrons. The zero-order valence-electron chi connectivity index (χ0n) is 22.5. The first-order valence-electron chi connectivity index (χ1n) is 13.0. The Labute approximate surface area is 229 Å². The van der Waals surface area contributed by atoms with Crippen LogP contribution in [-0.4, -0.2) is 67.1 Å². The van der Waals surface area contributed by atoms with Gasteiger partial charge in [-0.3, -0.25) is 9.59 Å². The van der Waals surface area contributed by atoms with Gasteiger partial charge in [0.25, 0.3) is 0 Å². The Morgan fingerprint density at radius 2 is 1.62 bits per heavy atom. The number of ether oxygens (including phenoxy) is 2. The molecular formula is C32H35N3O4. The molecule has 0 atom stereocenters. The molecule has 1 aromatic heterocycles. The number of aromatic amines is 1. The molecule has 0 aliphatic rings. The number of para-hydroxylation sites is 1. The van der Waals surface area contributed by atoms with E-state index in [4.69, 9.17) is 9.47 Å². The quantitative estimate of drug-likeness (QED) is 0.251. The van der Waals surface area contributed by atoms with E-state index in [1.807, 2.05) is 83.9 Å². The van der Waals surface area contributed by atoms with Gasteiger partial charge in [0.05, 0.1) is 13.7 Å². The zero-order chi connectivity index (χ0) is 27.5. The predicted octanol–water partition coefficient (Wildman–Crippen LogP) is 4.94. The second-order valence-corrected chi connectivity index (χ2v) is 9.27. The number of methoxy groups -OCH3 is 2. The molecule has 0 bridgehead atoms. The lowest BCUT2D eigenvalue weighted by molar-refractivity contribution is -0.139. The van der Waals surface area contributed by atoms with Gasteiger partial charge >= 0.3 is 0 Å². The van der Waals surface area contributed by atoms with Crippen LogP contribution in [0.15, 0.2) is 91.1 Å². The molecule has 3 aromatic carbocycles. The monoisotopic (exact) mass is 525 g/mol. The van der Waals surface area contributed by atoms with E-state index < -0.39 is 0 Å². The van der Waals surface area contributed by atoms with Crippen LogP contribution in [0.3, 0.4) is 0 Å².